The maximum Gasteiger partial charge on any atom is 0.169 e. The summed E-state index contributed by atoms with van der Waals surface area (Å²) >= 11 is 0. The van der Waals surface area contributed by atoms with Crippen molar-refractivity contribution in [1.29, 1.82) is 0 Å². The molecule has 0 fully saturated rings. The highest BCUT2D eigenvalue weighted by Gasteiger charge is 2.46. The summed E-state index contributed by atoms with van der Waals surface area (Å²) in [6, 6.07) is 6.85. The number of hydrogen-bond donors (Lipinski definition) is 0. The van der Waals surface area contributed by atoms with E-state index in [2.05, 4.69) is 95.7 Å². The summed E-state index contributed by atoms with van der Waals surface area (Å²) in [5.74, 6) is 0. The second kappa shape index (κ2) is 8.14. The Balaban J connectivity index is 2.90. The van der Waals surface area contributed by atoms with E-state index in [1.54, 1.807) is 0 Å². The van der Waals surface area contributed by atoms with Crippen LogP contribution in [0, 0.1) is 0 Å². The number of fused-ring (bicyclic) bond motifs is 1. The van der Waals surface area contributed by atoms with E-state index in [9.17, 15) is 0 Å². The van der Waals surface area contributed by atoms with Gasteiger partial charge in [-0.3, -0.25) is 0 Å². The van der Waals surface area contributed by atoms with E-state index in [1.165, 1.54) is 22.0 Å². The van der Waals surface area contributed by atoms with Crippen molar-refractivity contribution in [2.45, 2.75) is 71.1 Å². The second-order valence-corrected chi connectivity index (χ2v) is 14.6. The van der Waals surface area contributed by atoms with Crippen molar-refractivity contribution in [1.82, 2.24) is 9.13 Å². The third-order valence-corrected chi connectivity index (χ3v) is 12.8. The van der Waals surface area contributed by atoms with Gasteiger partial charge in [0.05, 0.1) is 0 Å². The van der Waals surface area contributed by atoms with Crippen LogP contribution >= 0.6 is 0 Å². The quantitative estimate of drug-likeness (QED) is 0.382. The van der Waals surface area contributed by atoms with Gasteiger partial charge in [-0.05, 0) is 54.3 Å². The molecule has 1 aromatic heterocycles. The lowest BCUT2D eigenvalue weighted by Crippen LogP contribution is -2.51. The summed E-state index contributed by atoms with van der Waals surface area (Å²) in [6.45, 7) is 19.6. The van der Waals surface area contributed by atoms with E-state index < -0.39 is 8.24 Å². The molecular formula is C23H38N2Si. The lowest BCUT2D eigenvalue weighted by molar-refractivity contribution is 0.404. The Morgan fingerprint density at radius 1 is 1.00 bits per heavy atom. The first-order valence-electron chi connectivity index (χ1n) is 10.1. The van der Waals surface area contributed by atoms with Gasteiger partial charge in [-0.2, -0.15) is 0 Å². The van der Waals surface area contributed by atoms with Crippen LogP contribution in [-0.2, 0) is 13.0 Å². The molecule has 1 heterocycles. The molecule has 0 aliphatic rings. The molecule has 0 aliphatic carbocycles. The number of nitrogens with zero attached hydrogens (tertiary/aromatic N) is 2. The zero-order valence-electron chi connectivity index (χ0n) is 18.1. The Bertz CT molecular complexity index is 731. The first kappa shape index (κ1) is 21.0. The molecule has 0 amide bonds. The Hall–Kier alpha value is -1.32. The lowest BCUT2D eigenvalue weighted by Gasteiger charge is -2.44. The molecular weight excluding hydrogens is 332 g/mol. The van der Waals surface area contributed by atoms with Crippen LogP contribution in [-0.4, -0.2) is 31.5 Å². The number of rotatable bonds is 8. The summed E-state index contributed by atoms with van der Waals surface area (Å²) in [4.78, 5) is 2.28. The summed E-state index contributed by atoms with van der Waals surface area (Å²) in [5.41, 5.74) is 6.37. The molecule has 0 spiro atoms. The fraction of sp³-hybridized carbons (Fsp3) is 0.565. The van der Waals surface area contributed by atoms with Gasteiger partial charge in [0, 0.05) is 23.6 Å². The van der Waals surface area contributed by atoms with Gasteiger partial charge in [0.15, 0.2) is 8.24 Å². The van der Waals surface area contributed by atoms with Crippen LogP contribution in [0.2, 0.25) is 16.6 Å². The Morgan fingerprint density at radius 2 is 1.58 bits per heavy atom. The maximum absolute atomic E-state index is 3.99. The van der Waals surface area contributed by atoms with E-state index in [0.29, 0.717) is 16.6 Å². The van der Waals surface area contributed by atoms with Crippen LogP contribution in [0.1, 0.15) is 52.7 Å². The minimum atomic E-state index is -1.77. The van der Waals surface area contributed by atoms with Gasteiger partial charge in [0.25, 0.3) is 0 Å². The predicted molar refractivity (Wildman–Crippen MR) is 120 cm³/mol. The predicted octanol–water partition coefficient (Wildman–Crippen LogP) is 6.46. The summed E-state index contributed by atoms with van der Waals surface area (Å²) < 4.78 is 2.76. The first-order valence-corrected chi connectivity index (χ1v) is 12.2. The van der Waals surface area contributed by atoms with Gasteiger partial charge >= 0.3 is 0 Å². The third kappa shape index (κ3) is 3.44. The van der Waals surface area contributed by atoms with Crippen LogP contribution in [0.4, 0.5) is 0 Å². The first-order chi connectivity index (χ1) is 12.2. The van der Waals surface area contributed by atoms with Crippen LogP contribution in [0.3, 0.4) is 0 Å². The van der Waals surface area contributed by atoms with Crippen LogP contribution < -0.4 is 0 Å². The van der Waals surface area contributed by atoms with Gasteiger partial charge in [-0.15, -0.1) is 6.58 Å². The van der Waals surface area contributed by atoms with Crippen LogP contribution in [0.15, 0.2) is 37.1 Å². The molecule has 2 nitrogen and oxygen atoms in total. The van der Waals surface area contributed by atoms with E-state index >= 15 is 0 Å². The molecule has 2 rings (SSSR count). The van der Waals surface area contributed by atoms with Crippen molar-refractivity contribution in [3.8, 4) is 0 Å². The van der Waals surface area contributed by atoms with Gasteiger partial charge in [0.1, 0.15) is 0 Å². The normalized spacial score (nSPS) is 12.9. The molecule has 3 heteroatoms. The molecule has 0 N–H and O–H groups in total. The van der Waals surface area contributed by atoms with Crippen molar-refractivity contribution in [2.75, 3.05) is 14.1 Å². The van der Waals surface area contributed by atoms with Crippen LogP contribution in [0.25, 0.3) is 10.9 Å². The van der Waals surface area contributed by atoms with Crippen molar-refractivity contribution < 1.29 is 0 Å². The average Bonchev–Trinajstić information content (AvgIpc) is 2.86. The largest absolute Gasteiger partial charge is 0.373 e. The van der Waals surface area contributed by atoms with Crippen LogP contribution in [0.5, 0.6) is 0 Å². The Morgan fingerprint density at radius 3 is 2.04 bits per heavy atom. The zero-order chi connectivity index (χ0) is 19.6. The lowest BCUT2D eigenvalue weighted by atomic mass is 10.0. The zero-order valence-corrected chi connectivity index (χ0v) is 19.1. The van der Waals surface area contributed by atoms with Gasteiger partial charge in [0.2, 0.25) is 0 Å². The molecule has 144 valence electrons. The minimum absolute atomic E-state index is 0.688. The molecule has 0 atom stereocenters. The third-order valence-electron chi connectivity index (χ3n) is 6.04. The number of benzene rings is 1. The molecule has 0 bridgehead atoms. The molecule has 0 unspecified atom stereocenters. The number of allylic oxidation sites excluding steroid dienone is 1. The molecule has 0 radical (unpaired) electrons. The molecule has 0 saturated heterocycles. The van der Waals surface area contributed by atoms with Gasteiger partial charge in [-0.25, -0.2) is 0 Å². The molecule has 1 aromatic carbocycles. The fourth-order valence-electron chi connectivity index (χ4n) is 5.39. The molecule has 0 saturated carbocycles. The van der Waals surface area contributed by atoms with E-state index in [1.807, 2.05) is 6.08 Å². The SMILES string of the molecule is C=CCc1cccc2c1c(CN(C)C)cn2[Si](C(C)C)(C(C)C)C(C)C. The van der Waals surface area contributed by atoms with E-state index in [4.69, 9.17) is 0 Å². The Kier molecular flexibility index (Phi) is 6.57. The topological polar surface area (TPSA) is 8.17 Å². The molecule has 2 aromatic rings. The summed E-state index contributed by atoms with van der Waals surface area (Å²) in [5, 5.41) is 1.46. The summed E-state index contributed by atoms with van der Waals surface area (Å²) in [7, 11) is 2.56. The van der Waals surface area contributed by atoms with Crippen molar-refractivity contribution >= 4 is 19.1 Å². The van der Waals surface area contributed by atoms with Crippen molar-refractivity contribution in [2.24, 2.45) is 0 Å². The van der Waals surface area contributed by atoms with Crippen molar-refractivity contribution in [3.63, 3.8) is 0 Å². The van der Waals surface area contributed by atoms with Crippen molar-refractivity contribution in [3.05, 3.63) is 48.2 Å². The fourth-order valence-corrected chi connectivity index (χ4v) is 12.0. The number of aromatic nitrogens is 1. The highest BCUT2D eigenvalue weighted by atomic mass is 28.3. The highest BCUT2D eigenvalue weighted by molar-refractivity contribution is 6.82. The second-order valence-electron chi connectivity index (χ2n) is 8.92. The number of hydrogen-bond acceptors (Lipinski definition) is 1. The minimum Gasteiger partial charge on any atom is -0.373 e. The smallest absolute Gasteiger partial charge is 0.169 e. The molecule has 26 heavy (non-hydrogen) atoms. The van der Waals surface area contributed by atoms with E-state index in [-0.39, 0.29) is 0 Å². The van der Waals surface area contributed by atoms with E-state index in [0.717, 1.165) is 13.0 Å². The maximum atomic E-state index is 3.99. The summed E-state index contributed by atoms with van der Waals surface area (Å²) in [6.07, 6.45) is 5.47. The van der Waals surface area contributed by atoms with Gasteiger partial charge < -0.3 is 9.13 Å². The molecule has 0 aliphatic heterocycles. The standard InChI is InChI=1S/C23H38N2Si/c1-10-12-20-13-11-14-22-23(20)21(15-24(8)9)16-25(22)26(17(2)3,18(4)5)19(6)7/h10-11,13-14,16-19H,1,12,15H2,2-9H3. The average molecular weight is 371 g/mol. The van der Waals surface area contributed by atoms with Gasteiger partial charge in [-0.1, -0.05) is 59.8 Å². The highest BCUT2D eigenvalue weighted by Crippen LogP contribution is 2.45. The monoisotopic (exact) mass is 370 g/mol. The Labute approximate surface area is 162 Å².